The zero-order valence-corrected chi connectivity index (χ0v) is 14.0. The zero-order valence-electron chi connectivity index (χ0n) is 13.2. The molecule has 3 nitrogen and oxygen atoms in total. The van der Waals surface area contributed by atoms with Crippen LogP contribution in [0.3, 0.4) is 0 Å². The van der Waals surface area contributed by atoms with Gasteiger partial charge in [0, 0.05) is 25.2 Å². The first-order chi connectivity index (χ1) is 9.49. The van der Waals surface area contributed by atoms with Crippen molar-refractivity contribution < 1.29 is 4.79 Å². The number of hydrogen-bond acceptors (Lipinski definition) is 2. The number of nitrogens with zero attached hydrogens (tertiary/aromatic N) is 1. The molecule has 0 saturated heterocycles. The Morgan fingerprint density at radius 1 is 1.38 bits per heavy atom. The predicted molar refractivity (Wildman–Crippen MR) is 91.1 cm³/mol. The molecule has 0 spiro atoms. The Hall–Kier alpha value is -1.06. The van der Waals surface area contributed by atoms with Gasteiger partial charge in [-0.3, -0.25) is 4.79 Å². The number of carbonyl (C=O) groups is 1. The van der Waals surface area contributed by atoms with Crippen LogP contribution in [-0.4, -0.2) is 19.0 Å². The van der Waals surface area contributed by atoms with E-state index in [1.165, 1.54) is 5.56 Å². The lowest BCUT2D eigenvalue weighted by Crippen LogP contribution is -2.33. The summed E-state index contributed by atoms with van der Waals surface area (Å²) in [6.45, 7) is 4.33. The van der Waals surface area contributed by atoms with E-state index in [9.17, 15) is 4.79 Å². The van der Waals surface area contributed by atoms with E-state index in [-0.39, 0.29) is 24.4 Å². The normalized spacial score (nSPS) is 21.2. The van der Waals surface area contributed by atoms with Crippen molar-refractivity contribution in [3.05, 3.63) is 29.8 Å². The Bertz CT molecular complexity index is 476. The maximum absolute atomic E-state index is 12.4. The lowest BCUT2D eigenvalue weighted by molar-refractivity contribution is -0.119. The number of amides is 1. The molecular weight excluding hydrogens is 284 g/mol. The molecule has 118 valence electrons. The number of hydrogen-bond donors (Lipinski definition) is 1. The van der Waals surface area contributed by atoms with Gasteiger partial charge in [0.15, 0.2) is 0 Å². The molecule has 0 aromatic heterocycles. The second-order valence-electron chi connectivity index (χ2n) is 6.26. The SMILES string of the molecule is CC(C)c1cccc(N(C)C(=O)C[C@@H]2CCC[C@H]2N)c1.Cl. The van der Waals surface area contributed by atoms with Gasteiger partial charge < -0.3 is 10.6 Å². The van der Waals surface area contributed by atoms with Crippen LogP contribution >= 0.6 is 12.4 Å². The van der Waals surface area contributed by atoms with E-state index in [1.807, 2.05) is 19.2 Å². The second-order valence-corrected chi connectivity index (χ2v) is 6.26. The first-order valence-electron chi connectivity index (χ1n) is 7.61. The highest BCUT2D eigenvalue weighted by molar-refractivity contribution is 5.93. The smallest absolute Gasteiger partial charge is 0.227 e. The van der Waals surface area contributed by atoms with Crippen LogP contribution in [0.4, 0.5) is 5.69 Å². The van der Waals surface area contributed by atoms with Crippen molar-refractivity contribution in [3.8, 4) is 0 Å². The minimum atomic E-state index is 0. The van der Waals surface area contributed by atoms with Crippen LogP contribution in [0.2, 0.25) is 0 Å². The average Bonchev–Trinajstić information content (AvgIpc) is 2.83. The van der Waals surface area contributed by atoms with E-state index in [2.05, 4.69) is 26.0 Å². The molecule has 1 aliphatic rings. The van der Waals surface area contributed by atoms with E-state index in [0.717, 1.165) is 24.9 Å². The maximum Gasteiger partial charge on any atom is 0.227 e. The topological polar surface area (TPSA) is 46.3 Å². The molecule has 1 fully saturated rings. The van der Waals surface area contributed by atoms with Gasteiger partial charge in [-0.1, -0.05) is 32.4 Å². The quantitative estimate of drug-likeness (QED) is 0.921. The molecule has 0 radical (unpaired) electrons. The van der Waals surface area contributed by atoms with Crippen LogP contribution in [0, 0.1) is 5.92 Å². The molecule has 2 N–H and O–H groups in total. The second kappa shape index (κ2) is 7.81. The van der Waals surface area contributed by atoms with E-state index in [1.54, 1.807) is 4.90 Å². The van der Waals surface area contributed by atoms with Gasteiger partial charge in [0.05, 0.1) is 0 Å². The average molecular weight is 311 g/mol. The third-order valence-corrected chi connectivity index (χ3v) is 4.45. The summed E-state index contributed by atoms with van der Waals surface area (Å²) in [6, 6.07) is 8.44. The van der Waals surface area contributed by atoms with Gasteiger partial charge in [0.2, 0.25) is 5.91 Å². The van der Waals surface area contributed by atoms with E-state index < -0.39 is 0 Å². The van der Waals surface area contributed by atoms with Gasteiger partial charge in [-0.25, -0.2) is 0 Å². The Morgan fingerprint density at radius 2 is 2.10 bits per heavy atom. The molecule has 0 aliphatic heterocycles. The highest BCUT2D eigenvalue weighted by Gasteiger charge is 2.27. The number of nitrogens with two attached hydrogens (primary N) is 1. The molecule has 1 aromatic rings. The summed E-state index contributed by atoms with van der Waals surface area (Å²) < 4.78 is 0. The van der Waals surface area contributed by atoms with Gasteiger partial charge in [-0.05, 0) is 42.4 Å². The third-order valence-electron chi connectivity index (χ3n) is 4.45. The van der Waals surface area contributed by atoms with Crippen molar-refractivity contribution in [3.63, 3.8) is 0 Å². The predicted octanol–water partition coefficient (Wildman–Crippen LogP) is 3.71. The summed E-state index contributed by atoms with van der Waals surface area (Å²) in [5.41, 5.74) is 8.30. The molecule has 0 unspecified atom stereocenters. The molecule has 1 saturated carbocycles. The highest BCUT2D eigenvalue weighted by Crippen LogP contribution is 2.28. The van der Waals surface area contributed by atoms with Gasteiger partial charge in [-0.2, -0.15) is 0 Å². The van der Waals surface area contributed by atoms with E-state index in [0.29, 0.717) is 18.3 Å². The Kier molecular flexibility index (Phi) is 6.69. The summed E-state index contributed by atoms with van der Waals surface area (Å²) in [5.74, 6) is 1.01. The molecular formula is C17H27ClN2O. The minimum absolute atomic E-state index is 0. The lowest BCUT2D eigenvalue weighted by atomic mass is 9.99. The van der Waals surface area contributed by atoms with Crippen molar-refractivity contribution >= 4 is 24.0 Å². The Labute approximate surface area is 134 Å². The number of benzene rings is 1. The fourth-order valence-electron chi connectivity index (χ4n) is 2.92. The molecule has 0 heterocycles. The molecule has 1 aliphatic carbocycles. The molecule has 1 aromatic carbocycles. The number of rotatable bonds is 4. The van der Waals surface area contributed by atoms with Crippen LogP contribution in [0.15, 0.2) is 24.3 Å². The van der Waals surface area contributed by atoms with Crippen molar-refractivity contribution in [2.75, 3.05) is 11.9 Å². The number of carbonyl (C=O) groups excluding carboxylic acids is 1. The van der Waals surface area contributed by atoms with Crippen LogP contribution in [-0.2, 0) is 4.79 Å². The van der Waals surface area contributed by atoms with Crippen molar-refractivity contribution in [1.29, 1.82) is 0 Å². The van der Waals surface area contributed by atoms with Crippen molar-refractivity contribution in [1.82, 2.24) is 0 Å². The van der Waals surface area contributed by atoms with Crippen molar-refractivity contribution in [2.45, 2.75) is 51.5 Å². The molecule has 21 heavy (non-hydrogen) atoms. The van der Waals surface area contributed by atoms with Crippen molar-refractivity contribution in [2.24, 2.45) is 11.7 Å². The maximum atomic E-state index is 12.4. The number of anilines is 1. The lowest BCUT2D eigenvalue weighted by Gasteiger charge is -2.22. The van der Waals surface area contributed by atoms with Crippen LogP contribution in [0.25, 0.3) is 0 Å². The molecule has 2 rings (SSSR count). The third kappa shape index (κ3) is 4.45. The fraction of sp³-hybridized carbons (Fsp3) is 0.588. The summed E-state index contributed by atoms with van der Waals surface area (Å²) in [7, 11) is 1.86. The standard InChI is InChI=1S/C17H26N2O.ClH/c1-12(2)13-6-4-8-15(10-13)19(3)17(20)11-14-7-5-9-16(14)18;/h4,6,8,10,12,14,16H,5,7,9,11,18H2,1-3H3;1H/t14-,16+;/m0./s1. The van der Waals surface area contributed by atoms with E-state index >= 15 is 0 Å². The summed E-state index contributed by atoms with van der Waals surface area (Å²) in [4.78, 5) is 14.2. The molecule has 1 amide bonds. The van der Waals surface area contributed by atoms with Crippen LogP contribution in [0.5, 0.6) is 0 Å². The molecule has 4 heteroatoms. The Morgan fingerprint density at radius 3 is 2.67 bits per heavy atom. The summed E-state index contributed by atoms with van der Waals surface area (Å²) in [5, 5.41) is 0. The van der Waals surface area contributed by atoms with Crippen LogP contribution in [0.1, 0.15) is 51.0 Å². The van der Waals surface area contributed by atoms with Gasteiger partial charge >= 0.3 is 0 Å². The van der Waals surface area contributed by atoms with Crippen LogP contribution < -0.4 is 10.6 Å². The first kappa shape index (κ1) is 18.0. The largest absolute Gasteiger partial charge is 0.327 e. The summed E-state index contributed by atoms with van der Waals surface area (Å²) in [6.07, 6.45) is 3.88. The van der Waals surface area contributed by atoms with Gasteiger partial charge in [0.1, 0.15) is 0 Å². The van der Waals surface area contributed by atoms with Gasteiger partial charge in [0.25, 0.3) is 0 Å². The summed E-state index contributed by atoms with van der Waals surface area (Å²) >= 11 is 0. The van der Waals surface area contributed by atoms with E-state index in [4.69, 9.17) is 5.73 Å². The Balaban J connectivity index is 0.00000220. The zero-order chi connectivity index (χ0) is 14.7. The fourth-order valence-corrected chi connectivity index (χ4v) is 2.92. The number of halogens is 1. The molecule has 0 bridgehead atoms. The highest BCUT2D eigenvalue weighted by atomic mass is 35.5. The van der Waals surface area contributed by atoms with Gasteiger partial charge in [-0.15, -0.1) is 12.4 Å². The first-order valence-corrected chi connectivity index (χ1v) is 7.61. The minimum Gasteiger partial charge on any atom is -0.327 e. The monoisotopic (exact) mass is 310 g/mol. The molecule has 2 atom stereocenters.